The molecule has 7 heteroatoms. The zero-order valence-electron chi connectivity index (χ0n) is 16.9. The van der Waals surface area contributed by atoms with Crippen LogP contribution in [0, 0.1) is 13.8 Å². The molecule has 31 heavy (non-hydrogen) atoms. The number of ketones is 1. The Kier molecular flexibility index (Phi) is 5.81. The van der Waals surface area contributed by atoms with Crippen LogP contribution in [0.25, 0.3) is 10.9 Å². The number of rotatable bonds is 5. The molecule has 2 aromatic carbocycles. The normalized spacial score (nSPS) is 11.0. The molecule has 0 bridgehead atoms. The third kappa shape index (κ3) is 4.20. The van der Waals surface area contributed by atoms with Crippen molar-refractivity contribution in [2.75, 3.05) is 5.32 Å². The number of aryl methyl sites for hydroxylation is 1. The molecule has 0 radical (unpaired) electrons. The summed E-state index contributed by atoms with van der Waals surface area (Å²) in [6, 6.07) is 15.0. The molecule has 0 aliphatic heterocycles. The Morgan fingerprint density at radius 1 is 1.03 bits per heavy atom. The van der Waals surface area contributed by atoms with Crippen molar-refractivity contribution in [1.82, 2.24) is 9.55 Å². The molecule has 156 valence electrons. The summed E-state index contributed by atoms with van der Waals surface area (Å²) in [7, 11) is 0. The van der Waals surface area contributed by atoms with Gasteiger partial charge in [-0.15, -0.1) is 0 Å². The van der Waals surface area contributed by atoms with E-state index < -0.39 is 11.7 Å². The number of carbonyl (C=O) groups excluding carboxylic acids is 2. The van der Waals surface area contributed by atoms with Gasteiger partial charge in [0.1, 0.15) is 0 Å². The number of aromatic nitrogens is 2. The average Bonchev–Trinajstić information content (AvgIpc) is 3.01. The fourth-order valence-electron chi connectivity index (χ4n) is 3.63. The minimum atomic E-state index is -0.747. The van der Waals surface area contributed by atoms with Gasteiger partial charge in [-0.3, -0.25) is 14.6 Å². The minimum Gasteiger partial charge on any atom is -0.340 e. The van der Waals surface area contributed by atoms with Gasteiger partial charge in [0.05, 0.1) is 16.3 Å². The second-order valence-electron chi connectivity index (χ2n) is 7.33. The molecular weight excluding hydrogens is 433 g/mol. The largest absolute Gasteiger partial charge is 0.340 e. The van der Waals surface area contributed by atoms with Crippen molar-refractivity contribution in [2.24, 2.45) is 0 Å². The number of amides is 1. The third-order valence-corrected chi connectivity index (χ3v) is 5.74. The Labute approximate surface area is 189 Å². The number of nitrogens with one attached hydrogen (secondary N) is 1. The molecule has 4 aromatic rings. The number of anilines is 1. The molecule has 2 aromatic heterocycles. The van der Waals surface area contributed by atoms with E-state index in [-0.39, 0.29) is 5.02 Å². The third-order valence-electron chi connectivity index (χ3n) is 5.19. The number of hydrogen-bond acceptors (Lipinski definition) is 3. The first-order valence-electron chi connectivity index (χ1n) is 9.64. The van der Waals surface area contributed by atoms with E-state index in [9.17, 15) is 9.59 Å². The Hall–Kier alpha value is -3.15. The molecule has 2 heterocycles. The molecule has 0 spiro atoms. The molecule has 1 N–H and O–H groups in total. The van der Waals surface area contributed by atoms with Crippen LogP contribution >= 0.6 is 23.2 Å². The van der Waals surface area contributed by atoms with E-state index in [1.165, 1.54) is 12.4 Å². The Morgan fingerprint density at radius 3 is 2.48 bits per heavy atom. The first-order chi connectivity index (χ1) is 14.8. The summed E-state index contributed by atoms with van der Waals surface area (Å²) in [5, 5.41) is 4.27. The van der Waals surface area contributed by atoms with Crippen molar-refractivity contribution in [1.29, 1.82) is 0 Å². The lowest BCUT2D eigenvalue weighted by atomic mass is 10.0. The summed E-state index contributed by atoms with van der Waals surface area (Å²) in [6.07, 6.45) is 2.91. The van der Waals surface area contributed by atoms with Crippen molar-refractivity contribution in [2.45, 2.75) is 20.4 Å². The zero-order chi connectivity index (χ0) is 22.1. The van der Waals surface area contributed by atoms with Crippen molar-refractivity contribution >= 4 is 51.5 Å². The Bertz CT molecular complexity index is 1310. The van der Waals surface area contributed by atoms with Gasteiger partial charge in [0.2, 0.25) is 0 Å². The maximum atomic E-state index is 13.2. The van der Waals surface area contributed by atoms with E-state index in [4.69, 9.17) is 23.2 Å². The highest BCUT2D eigenvalue weighted by Crippen LogP contribution is 2.29. The first kappa shape index (κ1) is 21.1. The lowest BCUT2D eigenvalue weighted by Gasteiger charge is -2.09. The van der Waals surface area contributed by atoms with Crippen LogP contribution in [0.15, 0.2) is 60.9 Å². The van der Waals surface area contributed by atoms with E-state index >= 15 is 0 Å². The number of nitrogens with zero attached hydrogens (tertiary/aromatic N) is 2. The summed E-state index contributed by atoms with van der Waals surface area (Å²) < 4.78 is 2.04. The number of pyridine rings is 1. The molecule has 0 fully saturated rings. The highest BCUT2D eigenvalue weighted by molar-refractivity contribution is 6.49. The van der Waals surface area contributed by atoms with Gasteiger partial charge in [0.15, 0.2) is 0 Å². The van der Waals surface area contributed by atoms with Gasteiger partial charge < -0.3 is 9.88 Å². The molecule has 0 saturated carbocycles. The number of carbonyl (C=O) groups is 2. The fourth-order valence-corrected chi connectivity index (χ4v) is 3.92. The van der Waals surface area contributed by atoms with Crippen molar-refractivity contribution < 1.29 is 9.59 Å². The van der Waals surface area contributed by atoms with E-state index in [1.807, 2.05) is 60.9 Å². The topological polar surface area (TPSA) is 64.0 Å². The number of hydrogen-bond donors (Lipinski definition) is 1. The number of fused-ring (bicyclic) bond motifs is 1. The van der Waals surface area contributed by atoms with E-state index in [0.29, 0.717) is 22.8 Å². The molecule has 0 aliphatic rings. The van der Waals surface area contributed by atoms with E-state index in [1.54, 1.807) is 6.07 Å². The van der Waals surface area contributed by atoms with Crippen molar-refractivity contribution in [3.8, 4) is 0 Å². The molecule has 5 nitrogen and oxygen atoms in total. The number of Topliss-reactive ketones (excluding diaryl/α,β-unsaturated/α-hetero) is 1. The molecule has 4 rings (SSSR count). The van der Waals surface area contributed by atoms with Crippen molar-refractivity contribution in [3.63, 3.8) is 0 Å². The van der Waals surface area contributed by atoms with Crippen LogP contribution in [-0.2, 0) is 11.3 Å². The van der Waals surface area contributed by atoms with Gasteiger partial charge in [-0.05, 0) is 49.7 Å². The molecule has 1 amide bonds. The second-order valence-corrected chi connectivity index (χ2v) is 8.18. The summed E-state index contributed by atoms with van der Waals surface area (Å²) >= 11 is 12.1. The smallest absolute Gasteiger partial charge is 0.296 e. The lowest BCUT2D eigenvalue weighted by molar-refractivity contribution is -0.112. The van der Waals surface area contributed by atoms with Crippen LogP contribution in [0.2, 0.25) is 10.0 Å². The molecule has 0 atom stereocenters. The fraction of sp³-hybridized carbons (Fsp3) is 0.125. The van der Waals surface area contributed by atoms with Crippen LogP contribution in [0.1, 0.15) is 27.2 Å². The molecule has 0 aliphatic carbocycles. The Morgan fingerprint density at radius 2 is 1.77 bits per heavy atom. The van der Waals surface area contributed by atoms with Gasteiger partial charge in [-0.25, -0.2) is 0 Å². The van der Waals surface area contributed by atoms with Gasteiger partial charge in [0.25, 0.3) is 11.7 Å². The summed E-state index contributed by atoms with van der Waals surface area (Å²) in [5.74, 6) is -1.36. The maximum absolute atomic E-state index is 13.2. The van der Waals surface area contributed by atoms with Crippen molar-refractivity contribution in [3.05, 3.63) is 93.4 Å². The summed E-state index contributed by atoms with van der Waals surface area (Å²) in [4.78, 5) is 29.9. The molecule has 0 unspecified atom stereocenters. The summed E-state index contributed by atoms with van der Waals surface area (Å²) in [6.45, 7) is 4.36. The van der Waals surface area contributed by atoms with E-state index in [2.05, 4.69) is 10.3 Å². The van der Waals surface area contributed by atoms with Gasteiger partial charge >= 0.3 is 0 Å². The standard InChI is InChI=1S/C24H19Cl2N3O2/c1-14-3-8-21-18(11-14)22(15(2)29(21)13-16-4-6-17(25)7-5-16)23(30)24(31)28-20-9-10-27-12-19(20)26/h3-12H,13H2,1-2H3,(H,27,28,31). The summed E-state index contributed by atoms with van der Waals surface area (Å²) in [5.41, 5.74) is 4.37. The van der Waals surface area contributed by atoms with Crippen LogP contribution < -0.4 is 5.32 Å². The van der Waals surface area contributed by atoms with Crippen LogP contribution in [-0.4, -0.2) is 21.2 Å². The predicted octanol–water partition coefficient (Wildman–Crippen LogP) is 5.83. The SMILES string of the molecule is Cc1ccc2c(c1)c(C(=O)C(=O)Nc1ccncc1Cl)c(C)n2Cc1ccc(Cl)cc1. The predicted molar refractivity (Wildman–Crippen MR) is 124 cm³/mol. The number of halogens is 2. The Balaban J connectivity index is 1.76. The maximum Gasteiger partial charge on any atom is 0.296 e. The number of benzene rings is 2. The molecular formula is C24H19Cl2N3O2. The van der Waals surface area contributed by atoms with Crippen LogP contribution in [0.4, 0.5) is 5.69 Å². The monoisotopic (exact) mass is 451 g/mol. The van der Waals surface area contributed by atoms with Crippen LogP contribution in [0.3, 0.4) is 0 Å². The van der Waals surface area contributed by atoms with Gasteiger partial charge in [-0.2, -0.15) is 0 Å². The lowest BCUT2D eigenvalue weighted by Crippen LogP contribution is -2.23. The highest BCUT2D eigenvalue weighted by Gasteiger charge is 2.26. The second kappa shape index (κ2) is 8.53. The van der Waals surface area contributed by atoms with Gasteiger partial charge in [-0.1, -0.05) is 47.0 Å². The average molecular weight is 452 g/mol. The van der Waals surface area contributed by atoms with Crippen LogP contribution in [0.5, 0.6) is 0 Å². The molecule has 0 saturated heterocycles. The van der Waals surface area contributed by atoms with Gasteiger partial charge in [0, 0.05) is 40.6 Å². The first-order valence-corrected chi connectivity index (χ1v) is 10.4. The zero-order valence-corrected chi connectivity index (χ0v) is 18.5. The highest BCUT2D eigenvalue weighted by atomic mass is 35.5. The van der Waals surface area contributed by atoms with E-state index in [0.717, 1.165) is 27.7 Å². The minimum absolute atomic E-state index is 0.265. The quantitative estimate of drug-likeness (QED) is 0.306.